The molecular formula is C18H21NO4. The number of piperidine rings is 1. The van der Waals surface area contributed by atoms with E-state index >= 15 is 0 Å². The van der Waals surface area contributed by atoms with Crippen molar-refractivity contribution >= 4 is 11.7 Å². The van der Waals surface area contributed by atoms with E-state index in [0.717, 1.165) is 5.56 Å². The van der Waals surface area contributed by atoms with Gasteiger partial charge in [-0.3, -0.25) is 9.59 Å². The number of carbonyl (C=O) groups excluding carboxylic acids is 2. The molecule has 2 bridgehead atoms. The van der Waals surface area contributed by atoms with Gasteiger partial charge in [0.1, 0.15) is 6.04 Å². The lowest BCUT2D eigenvalue weighted by molar-refractivity contribution is -0.148. The lowest BCUT2D eigenvalue weighted by atomic mass is 9.71. The normalized spacial score (nSPS) is 30.2. The molecule has 0 unspecified atom stereocenters. The number of carbonyl (C=O) groups is 2. The molecule has 23 heavy (non-hydrogen) atoms. The number of aliphatic hydroxyl groups excluding tert-OH is 1. The molecule has 5 nitrogen and oxygen atoms in total. The molecule has 122 valence electrons. The van der Waals surface area contributed by atoms with Crippen LogP contribution in [0, 0.1) is 11.8 Å². The molecule has 4 atom stereocenters. The van der Waals surface area contributed by atoms with E-state index in [2.05, 4.69) is 0 Å². The topological polar surface area (TPSA) is 66.8 Å². The van der Waals surface area contributed by atoms with Crippen LogP contribution in [0.2, 0.25) is 0 Å². The summed E-state index contributed by atoms with van der Waals surface area (Å²) in [6, 6.07) is 9.16. The van der Waals surface area contributed by atoms with Crippen LogP contribution in [0.5, 0.6) is 0 Å². The van der Waals surface area contributed by atoms with E-state index in [1.165, 1.54) is 12.0 Å². The van der Waals surface area contributed by atoms with Crippen molar-refractivity contribution in [3.8, 4) is 0 Å². The molecule has 1 N–H and O–H groups in total. The molecule has 2 aliphatic heterocycles. The van der Waals surface area contributed by atoms with Crippen LogP contribution in [-0.4, -0.2) is 48.0 Å². The lowest BCUT2D eigenvalue weighted by Gasteiger charge is -2.44. The van der Waals surface area contributed by atoms with Crippen LogP contribution in [0.15, 0.2) is 42.2 Å². The van der Waals surface area contributed by atoms with E-state index in [1.807, 2.05) is 37.3 Å². The van der Waals surface area contributed by atoms with Gasteiger partial charge in [-0.1, -0.05) is 37.3 Å². The number of ketones is 1. The fourth-order valence-corrected chi connectivity index (χ4v) is 3.86. The summed E-state index contributed by atoms with van der Waals surface area (Å²) in [5, 5.41) is 9.33. The third kappa shape index (κ3) is 2.45. The van der Waals surface area contributed by atoms with Crippen LogP contribution in [0.1, 0.15) is 18.4 Å². The zero-order valence-electron chi connectivity index (χ0n) is 13.3. The number of hydrogen-bond donors (Lipinski definition) is 1. The second-order valence-corrected chi connectivity index (χ2v) is 6.12. The van der Waals surface area contributed by atoms with Gasteiger partial charge in [-0.15, -0.1) is 0 Å². The van der Waals surface area contributed by atoms with Crippen LogP contribution in [0.4, 0.5) is 0 Å². The first kappa shape index (κ1) is 15.7. The van der Waals surface area contributed by atoms with Crippen molar-refractivity contribution in [2.24, 2.45) is 11.8 Å². The molecule has 0 spiro atoms. The van der Waals surface area contributed by atoms with Crippen LogP contribution >= 0.6 is 0 Å². The van der Waals surface area contributed by atoms with Gasteiger partial charge in [0, 0.05) is 12.5 Å². The molecule has 0 saturated carbocycles. The van der Waals surface area contributed by atoms with Gasteiger partial charge in [0.05, 0.1) is 19.6 Å². The first-order chi connectivity index (χ1) is 11.1. The van der Waals surface area contributed by atoms with Crippen molar-refractivity contribution in [2.45, 2.75) is 18.9 Å². The third-order valence-corrected chi connectivity index (χ3v) is 4.96. The van der Waals surface area contributed by atoms with Gasteiger partial charge in [0.2, 0.25) is 11.7 Å². The zero-order valence-corrected chi connectivity index (χ0v) is 13.3. The SMILES string of the molecule is COC1=C[C@@H]2C(=O)N(CCO)[C@H](C1=O)[C@H](c1ccccc1)[C@H]2C. The maximum absolute atomic E-state index is 12.9. The number of methoxy groups -OCH3 is 1. The highest BCUT2D eigenvalue weighted by Gasteiger charge is 2.52. The van der Waals surface area contributed by atoms with Gasteiger partial charge in [-0.05, 0) is 17.6 Å². The summed E-state index contributed by atoms with van der Waals surface area (Å²) in [4.78, 5) is 27.2. The maximum atomic E-state index is 12.9. The molecule has 2 heterocycles. The number of fused-ring (bicyclic) bond motifs is 3. The summed E-state index contributed by atoms with van der Waals surface area (Å²) in [5.74, 6) is -0.578. The average molecular weight is 315 g/mol. The molecule has 1 amide bonds. The summed E-state index contributed by atoms with van der Waals surface area (Å²) in [6.07, 6.45) is 1.66. The smallest absolute Gasteiger partial charge is 0.230 e. The molecule has 1 aromatic rings. The predicted molar refractivity (Wildman–Crippen MR) is 84.5 cm³/mol. The van der Waals surface area contributed by atoms with Crippen LogP contribution in [0.3, 0.4) is 0 Å². The summed E-state index contributed by atoms with van der Waals surface area (Å²) in [5.41, 5.74) is 1.03. The Morgan fingerprint density at radius 3 is 2.52 bits per heavy atom. The average Bonchev–Trinajstić information content (AvgIpc) is 2.73. The minimum atomic E-state index is -0.628. The first-order valence-corrected chi connectivity index (χ1v) is 7.86. The molecule has 3 aliphatic rings. The number of amides is 1. The first-order valence-electron chi connectivity index (χ1n) is 7.86. The minimum absolute atomic E-state index is 0.0126. The van der Waals surface area contributed by atoms with Crippen LogP contribution < -0.4 is 0 Å². The van der Waals surface area contributed by atoms with Crippen molar-refractivity contribution in [3.05, 3.63) is 47.7 Å². The molecule has 1 aromatic carbocycles. The number of rotatable bonds is 4. The monoisotopic (exact) mass is 315 g/mol. The molecule has 1 fully saturated rings. The second kappa shape index (κ2) is 6.16. The molecule has 1 saturated heterocycles. The molecule has 5 heteroatoms. The van der Waals surface area contributed by atoms with E-state index < -0.39 is 12.0 Å². The number of aliphatic hydroxyl groups is 1. The largest absolute Gasteiger partial charge is 0.493 e. The van der Waals surface area contributed by atoms with Gasteiger partial charge < -0.3 is 14.7 Å². The Balaban J connectivity index is 2.13. The van der Waals surface area contributed by atoms with E-state index in [0.29, 0.717) is 0 Å². The Bertz CT molecular complexity index is 640. The van der Waals surface area contributed by atoms with Gasteiger partial charge in [-0.25, -0.2) is 0 Å². The van der Waals surface area contributed by atoms with Gasteiger partial charge in [-0.2, -0.15) is 0 Å². The highest BCUT2D eigenvalue weighted by atomic mass is 16.5. The Labute approximate surface area is 135 Å². The van der Waals surface area contributed by atoms with Crippen LogP contribution in [-0.2, 0) is 14.3 Å². The highest BCUT2D eigenvalue weighted by molar-refractivity contribution is 6.04. The van der Waals surface area contributed by atoms with Gasteiger partial charge in [0.15, 0.2) is 5.76 Å². The van der Waals surface area contributed by atoms with Crippen molar-refractivity contribution in [1.29, 1.82) is 0 Å². The fourth-order valence-electron chi connectivity index (χ4n) is 3.86. The summed E-state index contributed by atoms with van der Waals surface area (Å²) in [7, 11) is 1.46. The van der Waals surface area contributed by atoms with E-state index in [-0.39, 0.29) is 42.4 Å². The number of Topliss-reactive ketones (excluding diaryl/α,β-unsaturated/α-hetero) is 1. The van der Waals surface area contributed by atoms with Crippen molar-refractivity contribution in [3.63, 3.8) is 0 Å². The van der Waals surface area contributed by atoms with Crippen molar-refractivity contribution in [1.82, 2.24) is 4.90 Å². The Kier molecular flexibility index (Phi) is 4.22. The minimum Gasteiger partial charge on any atom is -0.493 e. The molecule has 4 rings (SSSR count). The number of benzene rings is 1. The van der Waals surface area contributed by atoms with Crippen molar-refractivity contribution < 1.29 is 19.4 Å². The summed E-state index contributed by atoms with van der Waals surface area (Å²) >= 11 is 0. The Morgan fingerprint density at radius 1 is 1.22 bits per heavy atom. The molecular weight excluding hydrogens is 294 g/mol. The van der Waals surface area contributed by atoms with Crippen molar-refractivity contribution in [2.75, 3.05) is 20.3 Å². The molecule has 0 aromatic heterocycles. The van der Waals surface area contributed by atoms with E-state index in [1.54, 1.807) is 6.08 Å². The Hall–Kier alpha value is -2.14. The summed E-state index contributed by atoms with van der Waals surface area (Å²) < 4.78 is 5.24. The maximum Gasteiger partial charge on any atom is 0.230 e. The number of ether oxygens (including phenoxy) is 1. The van der Waals surface area contributed by atoms with E-state index in [4.69, 9.17) is 4.74 Å². The fraction of sp³-hybridized carbons (Fsp3) is 0.444. The van der Waals surface area contributed by atoms with Crippen LogP contribution in [0.25, 0.3) is 0 Å². The number of nitrogens with zero attached hydrogens (tertiary/aromatic N) is 1. The third-order valence-electron chi connectivity index (χ3n) is 4.96. The molecule has 0 radical (unpaired) electrons. The summed E-state index contributed by atoms with van der Waals surface area (Å²) in [6.45, 7) is 2.00. The quantitative estimate of drug-likeness (QED) is 0.910. The standard InChI is InChI=1S/C18H21NO4/c1-11-13-10-14(23-2)17(21)16(19(8-9-20)18(13)22)15(11)12-6-4-3-5-7-12/h3-7,10-11,13,15-16,20H,8-9H2,1-2H3/t11-,13-,15-,16-/m0/s1. The predicted octanol–water partition coefficient (Wildman–Crippen LogP) is 1.34. The Morgan fingerprint density at radius 2 is 1.91 bits per heavy atom. The van der Waals surface area contributed by atoms with Gasteiger partial charge >= 0.3 is 0 Å². The number of hydrogen-bond acceptors (Lipinski definition) is 4. The van der Waals surface area contributed by atoms with E-state index in [9.17, 15) is 14.7 Å². The second-order valence-electron chi connectivity index (χ2n) is 6.12. The lowest BCUT2D eigenvalue weighted by Crippen LogP contribution is -2.57. The molecule has 1 aliphatic carbocycles. The van der Waals surface area contributed by atoms with Gasteiger partial charge in [0.25, 0.3) is 0 Å². The highest BCUT2D eigenvalue weighted by Crippen LogP contribution is 2.45. The zero-order chi connectivity index (χ0) is 16.6.